The zero-order valence-corrected chi connectivity index (χ0v) is 11.2. The molecule has 3 heterocycles. The summed E-state index contributed by atoms with van der Waals surface area (Å²) in [6.07, 6.45) is 2.72. The number of nitrogens with two attached hydrogens (primary N) is 1. The topological polar surface area (TPSA) is 85.7 Å². The fourth-order valence-electron chi connectivity index (χ4n) is 2.30. The number of fused-ring (bicyclic) bond motifs is 1. The van der Waals surface area contributed by atoms with Crippen molar-refractivity contribution in [3.8, 4) is 0 Å². The standard InChI is InChI=1S/C11H13BrN4O2/c12-5-7-3-4-11(17,18-7)9-2-1-8-10(13)14-6-15-16(8)9/h1-2,6-7,17H,3-5H2,(H2,13,14,15). The largest absolute Gasteiger partial charge is 0.382 e. The van der Waals surface area contributed by atoms with Crippen LogP contribution in [0.15, 0.2) is 18.5 Å². The van der Waals surface area contributed by atoms with Crippen LogP contribution in [0, 0.1) is 0 Å². The van der Waals surface area contributed by atoms with Gasteiger partial charge in [-0.1, -0.05) is 15.9 Å². The summed E-state index contributed by atoms with van der Waals surface area (Å²) in [7, 11) is 0. The van der Waals surface area contributed by atoms with Crippen molar-refractivity contribution in [1.82, 2.24) is 14.6 Å². The van der Waals surface area contributed by atoms with Gasteiger partial charge in [-0.15, -0.1) is 0 Å². The molecule has 1 saturated heterocycles. The Morgan fingerprint density at radius 1 is 1.61 bits per heavy atom. The van der Waals surface area contributed by atoms with E-state index < -0.39 is 5.79 Å². The van der Waals surface area contributed by atoms with Gasteiger partial charge in [0, 0.05) is 11.8 Å². The Labute approximate surface area is 112 Å². The summed E-state index contributed by atoms with van der Waals surface area (Å²) in [5.41, 5.74) is 7.03. The van der Waals surface area contributed by atoms with E-state index in [1.54, 1.807) is 16.6 Å². The summed E-state index contributed by atoms with van der Waals surface area (Å²) in [4.78, 5) is 3.92. The Morgan fingerprint density at radius 3 is 3.17 bits per heavy atom. The summed E-state index contributed by atoms with van der Waals surface area (Å²) in [5.74, 6) is -0.916. The zero-order chi connectivity index (χ0) is 12.8. The Balaban J connectivity index is 2.07. The lowest BCUT2D eigenvalue weighted by atomic mass is 10.1. The van der Waals surface area contributed by atoms with Gasteiger partial charge in [0.25, 0.3) is 0 Å². The second-order valence-electron chi connectivity index (χ2n) is 4.38. The van der Waals surface area contributed by atoms with E-state index >= 15 is 0 Å². The third kappa shape index (κ3) is 1.70. The smallest absolute Gasteiger partial charge is 0.210 e. The van der Waals surface area contributed by atoms with Crippen LogP contribution in [0.2, 0.25) is 0 Å². The molecule has 0 amide bonds. The normalized spacial score (nSPS) is 28.0. The summed E-state index contributed by atoms with van der Waals surface area (Å²) in [5, 5.41) is 15.4. The highest BCUT2D eigenvalue weighted by atomic mass is 79.9. The van der Waals surface area contributed by atoms with Crippen LogP contribution in [0.5, 0.6) is 0 Å². The highest BCUT2D eigenvalue weighted by Gasteiger charge is 2.41. The second kappa shape index (κ2) is 4.18. The molecule has 7 heteroatoms. The van der Waals surface area contributed by atoms with Crippen LogP contribution < -0.4 is 5.73 Å². The fourth-order valence-corrected chi connectivity index (χ4v) is 2.75. The maximum Gasteiger partial charge on any atom is 0.210 e. The number of ether oxygens (including phenoxy) is 1. The molecule has 2 atom stereocenters. The predicted octanol–water partition coefficient (Wildman–Crippen LogP) is 1.03. The van der Waals surface area contributed by atoms with Crippen molar-refractivity contribution < 1.29 is 9.84 Å². The van der Waals surface area contributed by atoms with E-state index in [-0.39, 0.29) is 6.10 Å². The number of alkyl halides is 1. The predicted molar refractivity (Wildman–Crippen MR) is 69.2 cm³/mol. The number of rotatable bonds is 2. The van der Waals surface area contributed by atoms with Crippen molar-refractivity contribution in [1.29, 1.82) is 0 Å². The maximum atomic E-state index is 10.6. The highest BCUT2D eigenvalue weighted by molar-refractivity contribution is 9.09. The minimum Gasteiger partial charge on any atom is -0.382 e. The summed E-state index contributed by atoms with van der Waals surface area (Å²) in [6.45, 7) is 0. The molecule has 6 nitrogen and oxygen atoms in total. The van der Waals surface area contributed by atoms with Gasteiger partial charge in [0.1, 0.15) is 17.5 Å². The molecule has 1 fully saturated rings. The van der Waals surface area contributed by atoms with Gasteiger partial charge in [-0.3, -0.25) is 0 Å². The number of hydrogen-bond donors (Lipinski definition) is 2. The monoisotopic (exact) mass is 312 g/mol. The van der Waals surface area contributed by atoms with Crippen molar-refractivity contribution in [3.05, 3.63) is 24.2 Å². The van der Waals surface area contributed by atoms with Crippen LogP contribution in [-0.2, 0) is 10.5 Å². The van der Waals surface area contributed by atoms with Gasteiger partial charge >= 0.3 is 0 Å². The average Bonchev–Trinajstić information content (AvgIpc) is 2.94. The van der Waals surface area contributed by atoms with E-state index in [1.165, 1.54) is 6.33 Å². The summed E-state index contributed by atoms with van der Waals surface area (Å²) in [6, 6.07) is 3.56. The van der Waals surface area contributed by atoms with Gasteiger partial charge in [0.05, 0.1) is 6.10 Å². The molecular formula is C11H13BrN4O2. The molecule has 0 bridgehead atoms. The van der Waals surface area contributed by atoms with Crippen LogP contribution in [0.1, 0.15) is 18.5 Å². The first-order chi connectivity index (χ1) is 8.64. The third-order valence-electron chi connectivity index (χ3n) is 3.22. The number of aromatic nitrogens is 3. The molecule has 2 unspecified atom stereocenters. The molecule has 1 aliphatic rings. The molecule has 2 aromatic heterocycles. The molecule has 18 heavy (non-hydrogen) atoms. The number of nitrogen functional groups attached to an aromatic ring is 1. The van der Waals surface area contributed by atoms with E-state index in [4.69, 9.17) is 10.5 Å². The SMILES string of the molecule is Nc1ncnn2c(C3(O)CCC(CBr)O3)ccc12. The van der Waals surface area contributed by atoms with Crippen molar-refractivity contribution in [2.45, 2.75) is 24.7 Å². The van der Waals surface area contributed by atoms with Gasteiger partial charge in [-0.25, -0.2) is 9.50 Å². The van der Waals surface area contributed by atoms with Gasteiger partial charge in [0.2, 0.25) is 5.79 Å². The van der Waals surface area contributed by atoms with Crippen LogP contribution in [0.25, 0.3) is 5.52 Å². The molecule has 96 valence electrons. The van der Waals surface area contributed by atoms with Crippen molar-refractivity contribution in [2.24, 2.45) is 0 Å². The minimum atomic E-state index is -1.30. The van der Waals surface area contributed by atoms with Crippen molar-refractivity contribution in [2.75, 3.05) is 11.1 Å². The Morgan fingerprint density at radius 2 is 2.44 bits per heavy atom. The van der Waals surface area contributed by atoms with Crippen LogP contribution in [0.3, 0.4) is 0 Å². The minimum absolute atomic E-state index is 0.0136. The van der Waals surface area contributed by atoms with Gasteiger partial charge in [-0.2, -0.15) is 5.10 Å². The van der Waals surface area contributed by atoms with Gasteiger partial charge in [0.15, 0.2) is 5.82 Å². The molecule has 0 spiro atoms. The lowest BCUT2D eigenvalue weighted by Gasteiger charge is -2.22. The molecule has 2 aromatic rings. The second-order valence-corrected chi connectivity index (χ2v) is 5.03. The first-order valence-electron chi connectivity index (χ1n) is 5.69. The van der Waals surface area contributed by atoms with Gasteiger partial charge in [-0.05, 0) is 18.6 Å². The lowest BCUT2D eigenvalue weighted by molar-refractivity contribution is -0.199. The third-order valence-corrected chi connectivity index (χ3v) is 3.94. The Hall–Kier alpha value is -1.18. The number of hydrogen-bond acceptors (Lipinski definition) is 5. The Bertz CT molecular complexity index is 587. The molecule has 0 saturated carbocycles. The molecule has 3 rings (SSSR count). The van der Waals surface area contributed by atoms with Gasteiger partial charge < -0.3 is 15.6 Å². The van der Waals surface area contributed by atoms with E-state index in [1.807, 2.05) is 0 Å². The quantitative estimate of drug-likeness (QED) is 0.809. The van der Waals surface area contributed by atoms with Crippen molar-refractivity contribution >= 4 is 27.3 Å². The number of aliphatic hydroxyl groups is 1. The lowest BCUT2D eigenvalue weighted by Crippen LogP contribution is -2.28. The Kier molecular flexibility index (Phi) is 2.76. The average molecular weight is 313 g/mol. The van der Waals surface area contributed by atoms with E-state index in [0.29, 0.717) is 28.8 Å². The molecule has 0 aromatic carbocycles. The highest BCUT2D eigenvalue weighted by Crippen LogP contribution is 2.38. The summed E-state index contributed by atoms with van der Waals surface area (Å²) >= 11 is 3.36. The van der Waals surface area contributed by atoms with E-state index in [0.717, 1.165) is 6.42 Å². The number of anilines is 1. The summed E-state index contributed by atoms with van der Waals surface area (Å²) < 4.78 is 7.26. The molecular weight excluding hydrogens is 300 g/mol. The molecule has 1 aliphatic heterocycles. The van der Waals surface area contributed by atoms with E-state index in [9.17, 15) is 5.11 Å². The molecule has 0 radical (unpaired) electrons. The zero-order valence-electron chi connectivity index (χ0n) is 9.58. The fraction of sp³-hybridized carbons (Fsp3) is 0.455. The number of nitrogens with zero attached hydrogens (tertiary/aromatic N) is 3. The van der Waals surface area contributed by atoms with Crippen LogP contribution in [0.4, 0.5) is 5.82 Å². The molecule has 0 aliphatic carbocycles. The number of halogens is 1. The maximum absolute atomic E-state index is 10.6. The van der Waals surface area contributed by atoms with Crippen LogP contribution in [-0.4, -0.2) is 31.1 Å². The van der Waals surface area contributed by atoms with Crippen LogP contribution >= 0.6 is 15.9 Å². The molecule has 3 N–H and O–H groups in total. The van der Waals surface area contributed by atoms with E-state index in [2.05, 4.69) is 26.0 Å². The van der Waals surface area contributed by atoms with Crippen molar-refractivity contribution in [3.63, 3.8) is 0 Å². The first kappa shape index (κ1) is 11.9. The first-order valence-corrected chi connectivity index (χ1v) is 6.81.